The molecule has 2 atom stereocenters. The summed E-state index contributed by atoms with van der Waals surface area (Å²) in [4.78, 5) is 0. The van der Waals surface area contributed by atoms with Gasteiger partial charge < -0.3 is 10.2 Å². The van der Waals surface area contributed by atoms with Crippen molar-refractivity contribution in [3.05, 3.63) is 58.0 Å². The van der Waals surface area contributed by atoms with Crippen molar-refractivity contribution < 1.29 is 4.42 Å². The van der Waals surface area contributed by atoms with Gasteiger partial charge in [0.1, 0.15) is 5.76 Å². The van der Waals surface area contributed by atoms with E-state index in [-0.39, 0.29) is 6.04 Å². The molecule has 2 nitrogen and oxygen atoms in total. The molecule has 3 heteroatoms. The summed E-state index contributed by atoms with van der Waals surface area (Å²) in [6.45, 7) is 0. The van der Waals surface area contributed by atoms with Crippen LogP contribution in [-0.4, -0.2) is 0 Å². The Labute approximate surface area is 115 Å². The molecule has 0 radical (unpaired) electrons. The Balaban J connectivity index is 1.97. The van der Waals surface area contributed by atoms with Crippen LogP contribution in [0.15, 0.2) is 45.5 Å². The predicted molar refractivity (Wildman–Crippen MR) is 75.5 cm³/mol. The highest BCUT2D eigenvalue weighted by molar-refractivity contribution is 9.10. The van der Waals surface area contributed by atoms with E-state index >= 15 is 0 Å². The maximum absolute atomic E-state index is 6.41. The van der Waals surface area contributed by atoms with Crippen LogP contribution >= 0.6 is 15.9 Å². The minimum Gasteiger partial charge on any atom is -0.466 e. The second-order valence-electron chi connectivity index (χ2n) is 4.86. The van der Waals surface area contributed by atoms with Gasteiger partial charge >= 0.3 is 0 Å². The van der Waals surface area contributed by atoms with Crippen LogP contribution in [0.5, 0.6) is 0 Å². The SMILES string of the molecule is NC(c1occc1Br)C1CCCc2ccccc21. The molecule has 1 aromatic heterocycles. The Morgan fingerprint density at radius 1 is 1.28 bits per heavy atom. The zero-order valence-electron chi connectivity index (χ0n) is 10.1. The molecule has 0 saturated carbocycles. The molecule has 0 saturated heterocycles. The molecule has 94 valence electrons. The molecule has 2 aromatic rings. The average Bonchev–Trinajstić information content (AvgIpc) is 2.83. The molecule has 2 N–H and O–H groups in total. The molecule has 0 bridgehead atoms. The third-order valence-electron chi connectivity index (χ3n) is 3.80. The lowest BCUT2D eigenvalue weighted by Crippen LogP contribution is -2.23. The summed E-state index contributed by atoms with van der Waals surface area (Å²) in [5, 5.41) is 0. The van der Waals surface area contributed by atoms with E-state index < -0.39 is 0 Å². The van der Waals surface area contributed by atoms with Crippen LogP contribution in [0.3, 0.4) is 0 Å². The van der Waals surface area contributed by atoms with Gasteiger partial charge in [0.15, 0.2) is 0 Å². The molecular weight excluding hydrogens is 290 g/mol. The minimum absolute atomic E-state index is 0.0733. The number of fused-ring (bicyclic) bond motifs is 1. The van der Waals surface area contributed by atoms with E-state index in [0.717, 1.165) is 16.7 Å². The first kappa shape index (κ1) is 12.0. The number of hydrogen-bond donors (Lipinski definition) is 1. The molecule has 0 spiro atoms. The van der Waals surface area contributed by atoms with Gasteiger partial charge in [-0.25, -0.2) is 0 Å². The number of rotatable bonds is 2. The zero-order valence-corrected chi connectivity index (χ0v) is 11.7. The summed E-state index contributed by atoms with van der Waals surface area (Å²) in [6, 6.07) is 10.5. The number of aryl methyl sites for hydroxylation is 1. The van der Waals surface area contributed by atoms with Gasteiger partial charge in [0.2, 0.25) is 0 Å². The quantitative estimate of drug-likeness (QED) is 0.904. The van der Waals surface area contributed by atoms with Crippen LogP contribution in [-0.2, 0) is 6.42 Å². The monoisotopic (exact) mass is 305 g/mol. The third kappa shape index (κ3) is 2.02. The first-order valence-corrected chi connectivity index (χ1v) is 7.13. The van der Waals surface area contributed by atoms with Gasteiger partial charge in [0.25, 0.3) is 0 Å². The first-order valence-electron chi connectivity index (χ1n) is 6.33. The standard InChI is InChI=1S/C15H16BrNO/c16-13-8-9-18-15(13)14(17)12-7-3-5-10-4-1-2-6-11(10)12/h1-2,4,6,8-9,12,14H,3,5,7,17H2. The lowest BCUT2D eigenvalue weighted by molar-refractivity contribution is 0.394. The van der Waals surface area contributed by atoms with Crippen LogP contribution in [0.4, 0.5) is 0 Å². The Bertz CT molecular complexity index is 549. The highest BCUT2D eigenvalue weighted by Crippen LogP contribution is 2.40. The van der Waals surface area contributed by atoms with E-state index in [0.29, 0.717) is 5.92 Å². The molecule has 0 fully saturated rings. The van der Waals surface area contributed by atoms with Crippen molar-refractivity contribution >= 4 is 15.9 Å². The summed E-state index contributed by atoms with van der Waals surface area (Å²) >= 11 is 3.50. The second kappa shape index (κ2) is 4.90. The van der Waals surface area contributed by atoms with Gasteiger partial charge in [-0.1, -0.05) is 24.3 Å². The molecule has 3 rings (SSSR count). The fourth-order valence-electron chi connectivity index (χ4n) is 2.89. The number of benzene rings is 1. The summed E-state index contributed by atoms with van der Waals surface area (Å²) in [6.07, 6.45) is 5.19. The van der Waals surface area contributed by atoms with Gasteiger partial charge in [-0.2, -0.15) is 0 Å². The summed E-state index contributed by atoms with van der Waals surface area (Å²) in [5.74, 6) is 1.22. The van der Waals surface area contributed by atoms with Crippen molar-refractivity contribution in [1.82, 2.24) is 0 Å². The Kier molecular flexibility index (Phi) is 3.27. The van der Waals surface area contributed by atoms with E-state index in [1.54, 1.807) is 6.26 Å². The van der Waals surface area contributed by atoms with Crippen LogP contribution in [0.1, 0.15) is 41.7 Å². The van der Waals surface area contributed by atoms with E-state index in [1.165, 1.54) is 24.0 Å². The van der Waals surface area contributed by atoms with Gasteiger partial charge in [0, 0.05) is 5.92 Å². The van der Waals surface area contributed by atoms with Gasteiger partial charge in [-0.15, -0.1) is 0 Å². The van der Waals surface area contributed by atoms with Crippen molar-refractivity contribution in [2.75, 3.05) is 0 Å². The second-order valence-corrected chi connectivity index (χ2v) is 5.71. The summed E-state index contributed by atoms with van der Waals surface area (Å²) in [7, 11) is 0. The number of nitrogens with two attached hydrogens (primary N) is 1. The van der Waals surface area contributed by atoms with Crippen molar-refractivity contribution in [2.24, 2.45) is 5.73 Å². The van der Waals surface area contributed by atoms with Crippen LogP contribution in [0.2, 0.25) is 0 Å². The molecule has 0 amide bonds. The van der Waals surface area contributed by atoms with Crippen LogP contribution in [0, 0.1) is 0 Å². The summed E-state index contributed by atoms with van der Waals surface area (Å²) < 4.78 is 6.49. The Morgan fingerprint density at radius 2 is 2.11 bits per heavy atom. The zero-order chi connectivity index (χ0) is 12.5. The normalized spacial score (nSPS) is 20.4. The van der Waals surface area contributed by atoms with Gasteiger partial charge in [0.05, 0.1) is 16.8 Å². The average molecular weight is 306 g/mol. The van der Waals surface area contributed by atoms with Crippen molar-refractivity contribution in [1.29, 1.82) is 0 Å². The lowest BCUT2D eigenvalue weighted by Gasteiger charge is -2.29. The maximum atomic E-state index is 6.41. The molecular formula is C15H16BrNO. The van der Waals surface area contributed by atoms with Crippen LogP contribution in [0.25, 0.3) is 0 Å². The van der Waals surface area contributed by atoms with Crippen molar-refractivity contribution in [3.63, 3.8) is 0 Å². The molecule has 1 aromatic carbocycles. The van der Waals surface area contributed by atoms with Crippen molar-refractivity contribution in [2.45, 2.75) is 31.2 Å². The minimum atomic E-state index is -0.0733. The molecule has 1 heterocycles. The third-order valence-corrected chi connectivity index (χ3v) is 4.45. The van der Waals surface area contributed by atoms with E-state index in [2.05, 4.69) is 40.2 Å². The fourth-order valence-corrected chi connectivity index (χ4v) is 3.36. The highest BCUT2D eigenvalue weighted by atomic mass is 79.9. The van der Waals surface area contributed by atoms with Crippen LogP contribution < -0.4 is 5.73 Å². The van der Waals surface area contributed by atoms with Gasteiger partial charge in [-0.05, 0) is 52.4 Å². The molecule has 2 unspecified atom stereocenters. The Hall–Kier alpha value is -1.06. The van der Waals surface area contributed by atoms with Gasteiger partial charge in [-0.3, -0.25) is 0 Å². The summed E-state index contributed by atoms with van der Waals surface area (Å²) in [5.41, 5.74) is 9.23. The number of furan rings is 1. The largest absolute Gasteiger partial charge is 0.466 e. The van der Waals surface area contributed by atoms with E-state index in [4.69, 9.17) is 10.2 Å². The predicted octanol–water partition coefficient (Wildman–Crippen LogP) is 4.16. The number of halogens is 1. The topological polar surface area (TPSA) is 39.2 Å². The Morgan fingerprint density at radius 3 is 2.89 bits per heavy atom. The van der Waals surface area contributed by atoms with Crippen molar-refractivity contribution in [3.8, 4) is 0 Å². The molecule has 18 heavy (non-hydrogen) atoms. The molecule has 1 aliphatic rings. The lowest BCUT2D eigenvalue weighted by atomic mass is 9.78. The molecule has 1 aliphatic carbocycles. The van der Waals surface area contributed by atoms with E-state index in [1.807, 2.05) is 6.07 Å². The maximum Gasteiger partial charge on any atom is 0.135 e. The fraction of sp³-hybridized carbons (Fsp3) is 0.333. The number of hydrogen-bond acceptors (Lipinski definition) is 2. The first-order chi connectivity index (χ1) is 8.77. The smallest absolute Gasteiger partial charge is 0.135 e. The molecule has 0 aliphatic heterocycles. The highest BCUT2D eigenvalue weighted by Gasteiger charge is 2.29. The van der Waals surface area contributed by atoms with E-state index in [9.17, 15) is 0 Å².